The van der Waals surface area contributed by atoms with E-state index in [1.165, 1.54) is 31.4 Å². The lowest BCUT2D eigenvalue weighted by Gasteiger charge is -2.22. The number of rotatable bonds is 8. The number of nitrogens with zero attached hydrogens (tertiary/aromatic N) is 3. The second-order valence-corrected chi connectivity index (χ2v) is 7.31. The maximum absolute atomic E-state index is 12.1. The van der Waals surface area contributed by atoms with E-state index in [2.05, 4.69) is 15.7 Å². The van der Waals surface area contributed by atoms with Crippen molar-refractivity contribution < 1.29 is 9.72 Å². The summed E-state index contributed by atoms with van der Waals surface area (Å²) < 4.78 is 1.73. The summed E-state index contributed by atoms with van der Waals surface area (Å²) in [5, 5.41) is 21.7. The van der Waals surface area contributed by atoms with E-state index < -0.39 is 4.92 Å². The Morgan fingerprint density at radius 1 is 1.25 bits per heavy atom. The van der Waals surface area contributed by atoms with Crippen LogP contribution in [0.15, 0.2) is 30.5 Å². The van der Waals surface area contributed by atoms with Crippen LogP contribution in [0.4, 0.5) is 5.69 Å². The van der Waals surface area contributed by atoms with Gasteiger partial charge in [0.05, 0.1) is 10.6 Å². The molecule has 0 spiro atoms. The summed E-state index contributed by atoms with van der Waals surface area (Å²) in [5.41, 5.74) is 2.67. The van der Waals surface area contributed by atoms with E-state index in [1.54, 1.807) is 16.8 Å². The van der Waals surface area contributed by atoms with Crippen LogP contribution in [-0.4, -0.2) is 33.2 Å². The van der Waals surface area contributed by atoms with Crippen molar-refractivity contribution in [1.29, 1.82) is 0 Å². The Hall–Kier alpha value is -2.74. The summed E-state index contributed by atoms with van der Waals surface area (Å²) in [6.07, 6.45) is 8.23. The maximum Gasteiger partial charge on any atom is 0.269 e. The van der Waals surface area contributed by atoms with E-state index in [0.29, 0.717) is 25.6 Å². The fourth-order valence-corrected chi connectivity index (χ4v) is 3.62. The molecule has 1 heterocycles. The number of non-ortho nitro benzene ring substituents is 1. The molecular formula is C20H27N5O3. The highest BCUT2D eigenvalue weighted by molar-refractivity contribution is 5.76. The molecule has 1 aliphatic carbocycles. The molecule has 150 valence electrons. The molecule has 3 rings (SSSR count). The van der Waals surface area contributed by atoms with Gasteiger partial charge in [-0.05, 0) is 25.0 Å². The lowest BCUT2D eigenvalue weighted by Crippen LogP contribution is -2.37. The van der Waals surface area contributed by atoms with Gasteiger partial charge >= 0.3 is 0 Å². The highest BCUT2D eigenvalue weighted by Gasteiger charge is 2.16. The molecule has 0 aliphatic heterocycles. The van der Waals surface area contributed by atoms with E-state index in [-0.39, 0.29) is 11.6 Å². The van der Waals surface area contributed by atoms with Gasteiger partial charge in [-0.25, -0.2) is 0 Å². The number of nitro benzene ring substituents is 1. The standard InChI is InChI=1S/C20H27N5O3/c1-24-14-16(20(23-24)15-7-9-18(10-8-15)25(27)28)13-21-12-11-19(26)22-17-5-3-2-4-6-17/h7-10,14,17,21H,2-6,11-13H2,1H3,(H,22,26). The van der Waals surface area contributed by atoms with Gasteiger partial charge < -0.3 is 10.6 Å². The molecular weight excluding hydrogens is 358 g/mol. The van der Waals surface area contributed by atoms with Crippen LogP contribution in [0.25, 0.3) is 11.3 Å². The molecule has 0 bridgehead atoms. The van der Waals surface area contributed by atoms with Gasteiger partial charge in [-0.15, -0.1) is 0 Å². The predicted octanol–water partition coefficient (Wildman–Crippen LogP) is 2.92. The number of carbonyl (C=O) groups is 1. The largest absolute Gasteiger partial charge is 0.353 e. The zero-order valence-corrected chi connectivity index (χ0v) is 16.2. The monoisotopic (exact) mass is 385 g/mol. The third-order valence-electron chi connectivity index (χ3n) is 5.07. The molecule has 2 N–H and O–H groups in total. The Bertz CT molecular complexity index is 810. The zero-order chi connectivity index (χ0) is 19.9. The summed E-state index contributed by atoms with van der Waals surface area (Å²) in [6, 6.07) is 6.73. The highest BCUT2D eigenvalue weighted by Crippen LogP contribution is 2.24. The van der Waals surface area contributed by atoms with Crippen LogP contribution in [0, 0.1) is 10.1 Å². The number of hydrogen-bond donors (Lipinski definition) is 2. The number of aryl methyl sites for hydroxylation is 1. The van der Waals surface area contributed by atoms with Gasteiger partial charge in [0.1, 0.15) is 0 Å². The molecule has 28 heavy (non-hydrogen) atoms. The number of hydrogen-bond acceptors (Lipinski definition) is 5. The van der Waals surface area contributed by atoms with Crippen LogP contribution in [0.5, 0.6) is 0 Å². The molecule has 1 saturated carbocycles. The number of benzene rings is 1. The van der Waals surface area contributed by atoms with E-state index >= 15 is 0 Å². The van der Waals surface area contributed by atoms with Crippen molar-refractivity contribution in [2.75, 3.05) is 6.54 Å². The van der Waals surface area contributed by atoms with Gasteiger partial charge in [0.15, 0.2) is 0 Å². The van der Waals surface area contributed by atoms with Crippen molar-refractivity contribution in [2.24, 2.45) is 7.05 Å². The maximum atomic E-state index is 12.1. The predicted molar refractivity (Wildman–Crippen MR) is 107 cm³/mol. The second kappa shape index (κ2) is 9.45. The number of nitro groups is 1. The number of nitrogens with one attached hydrogen (secondary N) is 2. The average molecular weight is 385 g/mol. The van der Waals surface area contributed by atoms with Crippen LogP contribution in [0.3, 0.4) is 0 Å². The highest BCUT2D eigenvalue weighted by atomic mass is 16.6. The van der Waals surface area contributed by atoms with Crippen LogP contribution >= 0.6 is 0 Å². The quantitative estimate of drug-likeness (QED) is 0.413. The minimum Gasteiger partial charge on any atom is -0.353 e. The molecule has 1 aliphatic rings. The van der Waals surface area contributed by atoms with Gasteiger partial charge in [0.2, 0.25) is 5.91 Å². The van der Waals surface area contributed by atoms with Gasteiger partial charge in [-0.1, -0.05) is 19.3 Å². The van der Waals surface area contributed by atoms with Crippen molar-refractivity contribution in [1.82, 2.24) is 20.4 Å². The fourth-order valence-electron chi connectivity index (χ4n) is 3.62. The fraction of sp³-hybridized carbons (Fsp3) is 0.500. The first kappa shape index (κ1) is 20.0. The van der Waals surface area contributed by atoms with Crippen LogP contribution in [-0.2, 0) is 18.4 Å². The SMILES string of the molecule is Cn1cc(CNCCC(=O)NC2CCCCC2)c(-c2ccc([N+](=O)[O-])cc2)n1. The Morgan fingerprint density at radius 3 is 2.64 bits per heavy atom. The van der Waals surface area contributed by atoms with Crippen molar-refractivity contribution in [3.8, 4) is 11.3 Å². The number of carbonyl (C=O) groups excluding carboxylic acids is 1. The molecule has 2 aromatic rings. The summed E-state index contributed by atoms with van der Waals surface area (Å²) >= 11 is 0. The molecule has 1 aromatic heterocycles. The van der Waals surface area contributed by atoms with Crippen LogP contribution in [0.2, 0.25) is 0 Å². The van der Waals surface area contributed by atoms with Gasteiger partial charge in [-0.3, -0.25) is 19.6 Å². The summed E-state index contributed by atoms with van der Waals surface area (Å²) in [4.78, 5) is 22.5. The number of aromatic nitrogens is 2. The van der Waals surface area contributed by atoms with Crippen LogP contribution in [0.1, 0.15) is 44.1 Å². The number of amides is 1. The van der Waals surface area contributed by atoms with Gasteiger partial charge in [0, 0.05) is 62.1 Å². The first-order chi connectivity index (χ1) is 13.5. The molecule has 1 fully saturated rings. The molecule has 0 unspecified atom stereocenters. The summed E-state index contributed by atoms with van der Waals surface area (Å²) in [6.45, 7) is 1.17. The van der Waals surface area contributed by atoms with E-state index in [4.69, 9.17) is 0 Å². The van der Waals surface area contributed by atoms with Crippen molar-refractivity contribution in [3.05, 3.63) is 46.1 Å². The second-order valence-electron chi connectivity index (χ2n) is 7.31. The lowest BCUT2D eigenvalue weighted by atomic mass is 9.95. The smallest absolute Gasteiger partial charge is 0.269 e. The Balaban J connectivity index is 1.50. The molecule has 1 amide bonds. The Labute approximate surface area is 164 Å². The molecule has 8 heteroatoms. The molecule has 0 atom stereocenters. The first-order valence-electron chi connectivity index (χ1n) is 9.80. The molecule has 0 saturated heterocycles. The zero-order valence-electron chi connectivity index (χ0n) is 16.2. The minimum atomic E-state index is -0.414. The van der Waals surface area contributed by atoms with Gasteiger partial charge in [0.25, 0.3) is 5.69 Å². The van der Waals surface area contributed by atoms with Crippen molar-refractivity contribution >= 4 is 11.6 Å². The molecule has 0 radical (unpaired) electrons. The summed E-state index contributed by atoms with van der Waals surface area (Å²) in [7, 11) is 1.84. The Morgan fingerprint density at radius 2 is 1.96 bits per heavy atom. The third kappa shape index (κ3) is 5.39. The first-order valence-corrected chi connectivity index (χ1v) is 9.80. The van der Waals surface area contributed by atoms with Crippen LogP contribution < -0.4 is 10.6 Å². The average Bonchev–Trinajstić information content (AvgIpc) is 3.06. The van der Waals surface area contributed by atoms with Gasteiger partial charge in [-0.2, -0.15) is 5.10 Å². The lowest BCUT2D eigenvalue weighted by molar-refractivity contribution is -0.384. The van der Waals surface area contributed by atoms with Crippen molar-refractivity contribution in [3.63, 3.8) is 0 Å². The normalized spacial score (nSPS) is 14.8. The molecule has 8 nitrogen and oxygen atoms in total. The Kier molecular flexibility index (Phi) is 6.76. The third-order valence-corrected chi connectivity index (χ3v) is 5.07. The molecule has 1 aromatic carbocycles. The summed E-state index contributed by atoms with van der Waals surface area (Å²) in [5.74, 6) is 0.0983. The van der Waals surface area contributed by atoms with E-state index in [1.807, 2.05) is 13.2 Å². The van der Waals surface area contributed by atoms with E-state index in [9.17, 15) is 14.9 Å². The van der Waals surface area contributed by atoms with Crippen molar-refractivity contribution in [2.45, 2.75) is 51.1 Å². The minimum absolute atomic E-state index is 0.0586. The van der Waals surface area contributed by atoms with E-state index in [0.717, 1.165) is 29.7 Å². The topological polar surface area (TPSA) is 102 Å².